The number of hydrogen-bond acceptors (Lipinski definition) is 6. The van der Waals surface area contributed by atoms with Gasteiger partial charge in [-0.2, -0.15) is 15.9 Å². The normalized spacial score (nSPS) is 28.0. The Hall–Kier alpha value is -1.42. The van der Waals surface area contributed by atoms with Crippen LogP contribution in [0.1, 0.15) is 11.8 Å². The first-order valence-corrected chi connectivity index (χ1v) is 10.6. The summed E-state index contributed by atoms with van der Waals surface area (Å²) in [7, 11) is -4.94. The molecule has 146 valence electrons. The number of ether oxygens (including phenoxy) is 1. The van der Waals surface area contributed by atoms with Gasteiger partial charge in [-0.15, -0.1) is 0 Å². The second-order valence-electron chi connectivity index (χ2n) is 5.99. The Morgan fingerprint density at radius 3 is 2.67 bits per heavy atom. The molecule has 0 radical (unpaired) electrons. The molecule has 1 aliphatic rings. The van der Waals surface area contributed by atoms with Crippen molar-refractivity contribution in [2.24, 2.45) is 0 Å². The van der Waals surface area contributed by atoms with Gasteiger partial charge in [0.25, 0.3) is 14.1 Å². The lowest BCUT2D eigenvalue weighted by Gasteiger charge is -2.19. The van der Waals surface area contributed by atoms with Crippen LogP contribution in [0.4, 0.5) is 0 Å². The maximum atomic E-state index is 10.7. The van der Waals surface area contributed by atoms with E-state index in [1.54, 1.807) is 23.0 Å². The van der Waals surface area contributed by atoms with E-state index in [1.165, 1.54) is 0 Å². The Bertz CT molecular complexity index is 844. The van der Waals surface area contributed by atoms with Crippen molar-refractivity contribution in [1.29, 1.82) is 0 Å². The van der Waals surface area contributed by atoms with E-state index in [-0.39, 0.29) is 0 Å². The van der Waals surface area contributed by atoms with Crippen LogP contribution < -0.4 is 9.46 Å². The van der Waals surface area contributed by atoms with Crippen LogP contribution in [0.5, 0.6) is 0 Å². The third-order valence-electron chi connectivity index (χ3n) is 4.00. The summed E-state index contributed by atoms with van der Waals surface area (Å²) in [5.41, 5.74) is 0.882. The zero-order valence-electron chi connectivity index (χ0n) is 14.1. The highest BCUT2D eigenvalue weighted by atomic mass is 32.1. The fourth-order valence-electron chi connectivity index (χ4n) is 2.69. The zero-order chi connectivity index (χ0) is 19.4. The van der Waals surface area contributed by atoms with Gasteiger partial charge in [-0.3, -0.25) is 4.57 Å². The maximum Gasteiger partial charge on any atom is 0.292 e. The minimum absolute atomic E-state index is 0.592. The van der Waals surface area contributed by atoms with E-state index in [2.05, 4.69) is 4.52 Å². The molecule has 1 saturated heterocycles. The highest BCUT2D eigenvalue weighted by molar-refractivity contribution is 7.97. The number of aromatic nitrogens is 1. The van der Waals surface area contributed by atoms with Gasteiger partial charge in [-0.1, -0.05) is 18.2 Å². The third-order valence-corrected chi connectivity index (χ3v) is 5.50. The molecule has 0 amide bonds. The summed E-state index contributed by atoms with van der Waals surface area (Å²) >= 11 is 0.997. The molecule has 0 aliphatic carbocycles. The average molecular weight is 413 g/mol. The number of rotatable bonds is 6. The van der Waals surface area contributed by atoms with Crippen molar-refractivity contribution >= 4 is 24.5 Å². The number of phosphoric acid groups is 1. The molecule has 1 aromatic heterocycles. The van der Waals surface area contributed by atoms with E-state index in [1.807, 2.05) is 41.8 Å². The van der Waals surface area contributed by atoms with Crippen LogP contribution in [-0.2, 0) is 13.8 Å². The summed E-state index contributed by atoms with van der Waals surface area (Å²) in [6, 6.07) is 13.6. The van der Waals surface area contributed by atoms with Gasteiger partial charge in [-0.05, 0) is 28.5 Å². The van der Waals surface area contributed by atoms with Gasteiger partial charge in [-0.25, -0.2) is 0 Å². The first-order chi connectivity index (χ1) is 12.8. The Morgan fingerprint density at radius 1 is 1.22 bits per heavy atom. The molecule has 2 aromatic rings. The molecule has 1 unspecified atom stereocenters. The Morgan fingerprint density at radius 2 is 1.96 bits per heavy atom. The van der Waals surface area contributed by atoms with Crippen molar-refractivity contribution < 1.29 is 38.4 Å². The van der Waals surface area contributed by atoms with E-state index >= 15 is 0 Å². The summed E-state index contributed by atoms with van der Waals surface area (Å²) in [6.45, 7) is -0.592. The maximum absolute atomic E-state index is 10.7. The Balaban J connectivity index is 1.72. The number of thiol groups is 1. The lowest BCUT2D eigenvalue weighted by Crippen LogP contribution is -2.46. The molecule has 2 heterocycles. The molecule has 1 fully saturated rings. The minimum Gasteiger partial charge on any atom is -0.756 e. The molecule has 3 rings (SSSR count). The van der Waals surface area contributed by atoms with Crippen molar-refractivity contribution in [2.45, 2.75) is 29.4 Å². The van der Waals surface area contributed by atoms with Crippen molar-refractivity contribution in [1.82, 2.24) is 0 Å². The highest BCUT2D eigenvalue weighted by Gasteiger charge is 2.48. The van der Waals surface area contributed by atoms with Gasteiger partial charge in [0.05, 0.1) is 6.61 Å². The van der Waals surface area contributed by atoms with Crippen LogP contribution in [-0.4, -0.2) is 45.4 Å². The number of pyridine rings is 1. The van der Waals surface area contributed by atoms with Crippen molar-refractivity contribution in [2.75, 3.05) is 6.61 Å². The van der Waals surface area contributed by atoms with E-state index in [9.17, 15) is 19.7 Å². The predicted octanol–water partition coefficient (Wildman–Crippen LogP) is -0.255. The second kappa shape index (κ2) is 8.72. The summed E-state index contributed by atoms with van der Waals surface area (Å²) in [5, 5.41) is 22.3. The topological polar surface area (TPSA) is 123 Å². The molecule has 8 nitrogen and oxygen atoms in total. The highest BCUT2D eigenvalue weighted by Crippen LogP contribution is 2.33. The number of nitrogens with zero attached hydrogens (tertiary/aromatic N) is 1. The SMILES string of the molecule is O=P([O-])(O)OC[C@H]1O[C@@H]([n+]2cccc(C=[SH]c3ccccc3)c2)[C@H](O)[C@@H]1O. The smallest absolute Gasteiger partial charge is 0.292 e. The molecule has 3 N–H and O–H groups in total. The van der Waals surface area contributed by atoms with Crippen LogP contribution >= 0.6 is 19.2 Å². The summed E-state index contributed by atoms with van der Waals surface area (Å²) in [4.78, 5) is 20.5. The molecule has 0 bridgehead atoms. The average Bonchev–Trinajstić information content (AvgIpc) is 2.94. The number of benzene rings is 1. The molecule has 27 heavy (non-hydrogen) atoms. The minimum atomic E-state index is -4.94. The van der Waals surface area contributed by atoms with E-state index < -0.39 is 39.0 Å². The van der Waals surface area contributed by atoms with Crippen molar-refractivity contribution in [3.8, 4) is 0 Å². The number of hydrogen-bond donors (Lipinski definition) is 4. The van der Waals surface area contributed by atoms with Crippen LogP contribution in [0, 0.1) is 0 Å². The Labute approximate surface area is 159 Å². The number of aliphatic hydroxyl groups excluding tert-OH is 2. The number of phosphoric ester groups is 1. The first-order valence-electron chi connectivity index (χ1n) is 8.13. The molecule has 1 aliphatic heterocycles. The van der Waals surface area contributed by atoms with Gasteiger partial charge >= 0.3 is 0 Å². The summed E-state index contributed by atoms with van der Waals surface area (Å²) in [6.07, 6.45) is -1.23. The van der Waals surface area contributed by atoms with Crippen molar-refractivity contribution in [3.63, 3.8) is 0 Å². The summed E-state index contributed by atoms with van der Waals surface area (Å²) in [5.74, 6) is 0. The quantitative estimate of drug-likeness (QED) is 0.223. The van der Waals surface area contributed by atoms with E-state index in [0.717, 1.165) is 21.8 Å². The van der Waals surface area contributed by atoms with E-state index in [4.69, 9.17) is 9.63 Å². The van der Waals surface area contributed by atoms with Crippen LogP contribution in [0.3, 0.4) is 0 Å². The van der Waals surface area contributed by atoms with Crippen LogP contribution in [0.25, 0.3) is 0 Å². The molecule has 5 atom stereocenters. The predicted molar refractivity (Wildman–Crippen MR) is 97.2 cm³/mol. The zero-order valence-corrected chi connectivity index (χ0v) is 15.9. The van der Waals surface area contributed by atoms with Gasteiger partial charge in [0.15, 0.2) is 18.5 Å². The standard InChI is InChI=1S/C17H20NO7PS/c19-15-14(10-24-26(21,22)23)25-17(16(15)20)18-8-4-5-12(9-18)11-27-13-6-2-1-3-7-13/h1-9,11,14-17,19-20,27H,10H2,(H-,21,22,23)/t14-,15-,16-,17-/m1/s1. The Kier molecular flexibility index (Phi) is 6.56. The first kappa shape index (κ1) is 20.3. The lowest BCUT2D eigenvalue weighted by molar-refractivity contribution is -0.765. The second-order valence-corrected chi connectivity index (χ2v) is 8.22. The molecule has 1 aromatic carbocycles. The van der Waals surface area contributed by atoms with Gasteiger partial charge in [0.2, 0.25) is 0 Å². The largest absolute Gasteiger partial charge is 0.756 e. The van der Waals surface area contributed by atoms with Crippen molar-refractivity contribution in [3.05, 3.63) is 60.4 Å². The fourth-order valence-corrected chi connectivity index (χ4v) is 3.82. The molecule has 10 heteroatoms. The van der Waals surface area contributed by atoms with Gasteiger partial charge < -0.3 is 29.3 Å². The van der Waals surface area contributed by atoms with E-state index in [0.29, 0.717) is 0 Å². The van der Waals surface area contributed by atoms with Crippen LogP contribution in [0.15, 0.2) is 59.8 Å². The summed E-state index contributed by atoms with van der Waals surface area (Å²) < 4.78 is 22.1. The van der Waals surface area contributed by atoms with Gasteiger partial charge in [0.1, 0.15) is 12.2 Å². The van der Waals surface area contributed by atoms with Gasteiger partial charge in [0, 0.05) is 11.6 Å². The molecule has 0 saturated carbocycles. The molecular formula is C17H20NO7PS. The fraction of sp³-hybridized carbons (Fsp3) is 0.294. The lowest BCUT2D eigenvalue weighted by atomic mass is 10.1. The molecular weight excluding hydrogens is 393 g/mol. The molecule has 0 spiro atoms. The monoisotopic (exact) mass is 413 g/mol. The third kappa shape index (κ3) is 5.54. The van der Waals surface area contributed by atoms with Crippen LogP contribution in [0.2, 0.25) is 0 Å². The number of aliphatic hydroxyl groups is 2.